The SMILES string of the molecule is Cc1cn(CC(=O)N(C)Cc2csc(-c3ccccc3)n2)c(=O)[nH]c1=O. The first-order valence-electron chi connectivity index (χ1n) is 7.98. The third-order valence-corrected chi connectivity index (χ3v) is 4.83. The number of carbonyl (C=O) groups is 1. The number of aryl methyl sites for hydroxylation is 1. The van der Waals surface area contributed by atoms with Crippen LogP contribution in [0.15, 0.2) is 51.5 Å². The molecular weight excluding hydrogens is 352 g/mol. The fourth-order valence-corrected chi connectivity index (χ4v) is 3.24. The summed E-state index contributed by atoms with van der Waals surface area (Å²) < 4.78 is 1.20. The van der Waals surface area contributed by atoms with Gasteiger partial charge < -0.3 is 4.90 Å². The lowest BCUT2D eigenvalue weighted by Gasteiger charge is -2.16. The summed E-state index contributed by atoms with van der Waals surface area (Å²) in [5.74, 6) is -0.243. The van der Waals surface area contributed by atoms with Crippen molar-refractivity contribution in [1.29, 1.82) is 0 Å². The number of hydrogen-bond acceptors (Lipinski definition) is 5. The van der Waals surface area contributed by atoms with Crippen molar-refractivity contribution in [1.82, 2.24) is 19.4 Å². The van der Waals surface area contributed by atoms with Crippen molar-refractivity contribution in [3.05, 3.63) is 74.0 Å². The quantitative estimate of drug-likeness (QED) is 0.739. The molecule has 2 heterocycles. The van der Waals surface area contributed by atoms with E-state index in [2.05, 4.69) is 9.97 Å². The molecule has 0 fully saturated rings. The summed E-state index contributed by atoms with van der Waals surface area (Å²) >= 11 is 1.52. The summed E-state index contributed by atoms with van der Waals surface area (Å²) in [6, 6.07) is 9.84. The number of aromatic amines is 1. The van der Waals surface area contributed by atoms with Crippen LogP contribution >= 0.6 is 11.3 Å². The third-order valence-electron chi connectivity index (χ3n) is 3.89. The van der Waals surface area contributed by atoms with Crippen molar-refractivity contribution in [2.75, 3.05) is 7.05 Å². The van der Waals surface area contributed by atoms with Gasteiger partial charge in [-0.25, -0.2) is 9.78 Å². The lowest BCUT2D eigenvalue weighted by molar-refractivity contribution is -0.131. The van der Waals surface area contributed by atoms with Gasteiger partial charge in [0.2, 0.25) is 5.91 Å². The Labute approximate surface area is 153 Å². The summed E-state index contributed by atoms with van der Waals surface area (Å²) in [6.07, 6.45) is 1.39. The van der Waals surface area contributed by atoms with Gasteiger partial charge in [-0.1, -0.05) is 30.3 Å². The van der Waals surface area contributed by atoms with Crippen LogP contribution in [0.25, 0.3) is 10.6 Å². The Balaban J connectivity index is 1.68. The van der Waals surface area contributed by atoms with E-state index in [1.807, 2.05) is 35.7 Å². The molecule has 26 heavy (non-hydrogen) atoms. The van der Waals surface area contributed by atoms with E-state index in [1.54, 1.807) is 14.0 Å². The van der Waals surface area contributed by atoms with Gasteiger partial charge in [-0.05, 0) is 6.92 Å². The van der Waals surface area contributed by atoms with E-state index < -0.39 is 11.2 Å². The standard InChI is InChI=1S/C18H18N4O3S/c1-12-8-22(18(25)20-16(12)24)10-15(23)21(2)9-14-11-26-17(19-14)13-6-4-3-5-7-13/h3-8,11H,9-10H2,1-2H3,(H,20,24,25). The number of H-pyrrole nitrogens is 1. The molecule has 134 valence electrons. The first kappa shape index (κ1) is 17.8. The van der Waals surface area contributed by atoms with Crippen LogP contribution in [-0.2, 0) is 17.9 Å². The molecule has 0 saturated heterocycles. The van der Waals surface area contributed by atoms with Gasteiger partial charge >= 0.3 is 5.69 Å². The molecule has 8 heteroatoms. The van der Waals surface area contributed by atoms with Crippen LogP contribution in [-0.4, -0.2) is 32.4 Å². The molecule has 0 aliphatic rings. The Morgan fingerprint density at radius 1 is 1.27 bits per heavy atom. The molecule has 0 saturated carbocycles. The molecule has 0 bridgehead atoms. The van der Waals surface area contributed by atoms with Crippen molar-refractivity contribution >= 4 is 17.2 Å². The molecule has 0 aliphatic carbocycles. The summed E-state index contributed by atoms with van der Waals surface area (Å²) in [5, 5.41) is 2.82. The van der Waals surface area contributed by atoms with Crippen molar-refractivity contribution in [3.63, 3.8) is 0 Å². The lowest BCUT2D eigenvalue weighted by Crippen LogP contribution is -2.37. The number of rotatable bonds is 5. The molecule has 0 unspecified atom stereocenters. The molecule has 0 spiro atoms. The van der Waals surface area contributed by atoms with Gasteiger partial charge in [0.15, 0.2) is 0 Å². The van der Waals surface area contributed by atoms with Crippen LogP contribution in [0, 0.1) is 6.92 Å². The van der Waals surface area contributed by atoms with E-state index in [9.17, 15) is 14.4 Å². The Morgan fingerprint density at radius 3 is 2.73 bits per heavy atom. The summed E-state index contributed by atoms with van der Waals surface area (Å²) in [6.45, 7) is 1.80. The minimum Gasteiger partial charge on any atom is -0.338 e. The highest BCUT2D eigenvalue weighted by Crippen LogP contribution is 2.23. The number of benzene rings is 1. The summed E-state index contributed by atoms with van der Waals surface area (Å²) in [4.78, 5) is 43.9. The second kappa shape index (κ2) is 7.49. The maximum atomic E-state index is 12.4. The normalized spacial score (nSPS) is 10.7. The number of thiazole rings is 1. The first-order valence-corrected chi connectivity index (χ1v) is 8.86. The van der Waals surface area contributed by atoms with E-state index in [4.69, 9.17) is 0 Å². The number of likely N-dealkylation sites (N-methyl/N-ethyl adjacent to an activating group) is 1. The highest BCUT2D eigenvalue weighted by molar-refractivity contribution is 7.13. The van der Waals surface area contributed by atoms with Gasteiger partial charge in [-0.15, -0.1) is 11.3 Å². The topological polar surface area (TPSA) is 88.1 Å². The lowest BCUT2D eigenvalue weighted by atomic mass is 10.2. The van der Waals surface area contributed by atoms with Gasteiger partial charge in [-0.3, -0.25) is 19.1 Å². The Kier molecular flexibility index (Phi) is 5.13. The summed E-state index contributed by atoms with van der Waals surface area (Å²) in [7, 11) is 1.66. The first-order chi connectivity index (χ1) is 12.4. The van der Waals surface area contributed by atoms with Gasteiger partial charge in [0.05, 0.1) is 12.2 Å². The molecular formula is C18H18N4O3S. The molecule has 3 rings (SSSR count). The van der Waals surface area contributed by atoms with E-state index in [0.29, 0.717) is 12.1 Å². The number of nitrogens with one attached hydrogen (secondary N) is 1. The minimum atomic E-state index is -0.595. The fraction of sp³-hybridized carbons (Fsp3) is 0.222. The summed E-state index contributed by atoms with van der Waals surface area (Å²) in [5.41, 5.74) is 1.17. The van der Waals surface area contributed by atoms with Crippen LogP contribution in [0.2, 0.25) is 0 Å². The van der Waals surface area contributed by atoms with Crippen molar-refractivity contribution < 1.29 is 4.79 Å². The number of amides is 1. The maximum Gasteiger partial charge on any atom is 0.328 e. The van der Waals surface area contributed by atoms with Crippen LogP contribution in [0.4, 0.5) is 0 Å². The van der Waals surface area contributed by atoms with Crippen LogP contribution in [0.5, 0.6) is 0 Å². The Morgan fingerprint density at radius 2 is 2.00 bits per heavy atom. The smallest absolute Gasteiger partial charge is 0.328 e. The molecule has 0 aliphatic heterocycles. The van der Waals surface area contributed by atoms with Gasteiger partial charge in [0.1, 0.15) is 11.6 Å². The predicted molar refractivity (Wildman–Crippen MR) is 100 cm³/mol. The van der Waals surface area contributed by atoms with Gasteiger partial charge in [0, 0.05) is 29.8 Å². The second-order valence-corrected chi connectivity index (χ2v) is 6.82. The molecule has 7 nitrogen and oxygen atoms in total. The van der Waals surface area contributed by atoms with Crippen molar-refractivity contribution in [3.8, 4) is 10.6 Å². The highest BCUT2D eigenvalue weighted by atomic mass is 32.1. The Hall–Kier alpha value is -3.00. The fourth-order valence-electron chi connectivity index (χ4n) is 2.43. The van der Waals surface area contributed by atoms with Gasteiger partial charge in [-0.2, -0.15) is 0 Å². The van der Waals surface area contributed by atoms with E-state index in [0.717, 1.165) is 16.3 Å². The maximum absolute atomic E-state index is 12.4. The zero-order chi connectivity index (χ0) is 18.7. The van der Waals surface area contributed by atoms with E-state index in [-0.39, 0.29) is 12.5 Å². The van der Waals surface area contributed by atoms with Crippen LogP contribution < -0.4 is 11.2 Å². The third kappa shape index (κ3) is 3.97. The average Bonchev–Trinajstić information content (AvgIpc) is 3.09. The monoisotopic (exact) mass is 370 g/mol. The molecule has 2 aromatic heterocycles. The number of hydrogen-bond donors (Lipinski definition) is 1. The highest BCUT2D eigenvalue weighted by Gasteiger charge is 2.14. The van der Waals surface area contributed by atoms with Crippen molar-refractivity contribution in [2.45, 2.75) is 20.0 Å². The number of nitrogens with zero attached hydrogens (tertiary/aromatic N) is 3. The van der Waals surface area contributed by atoms with E-state index in [1.165, 1.54) is 27.0 Å². The Bertz CT molecular complexity index is 1040. The largest absolute Gasteiger partial charge is 0.338 e. The number of aromatic nitrogens is 3. The zero-order valence-corrected chi connectivity index (χ0v) is 15.2. The van der Waals surface area contributed by atoms with Crippen LogP contribution in [0.1, 0.15) is 11.3 Å². The molecule has 0 atom stereocenters. The zero-order valence-electron chi connectivity index (χ0n) is 14.4. The van der Waals surface area contributed by atoms with Crippen LogP contribution in [0.3, 0.4) is 0 Å². The molecule has 1 amide bonds. The van der Waals surface area contributed by atoms with E-state index >= 15 is 0 Å². The average molecular weight is 370 g/mol. The predicted octanol–water partition coefficient (Wildman–Crippen LogP) is 1.63. The molecule has 0 radical (unpaired) electrons. The number of carbonyl (C=O) groups excluding carboxylic acids is 1. The molecule has 1 aromatic carbocycles. The molecule has 3 aromatic rings. The van der Waals surface area contributed by atoms with Gasteiger partial charge in [0.25, 0.3) is 5.56 Å². The second-order valence-electron chi connectivity index (χ2n) is 5.96. The minimum absolute atomic E-state index is 0.136. The molecule has 1 N–H and O–H groups in total. The van der Waals surface area contributed by atoms with Crippen molar-refractivity contribution in [2.24, 2.45) is 0 Å².